The Kier molecular flexibility index (Phi) is 3.50. The molecule has 0 unspecified atom stereocenters. The van der Waals surface area contributed by atoms with Crippen LogP contribution >= 0.6 is 23.2 Å². The predicted octanol–water partition coefficient (Wildman–Crippen LogP) is 5.76. The van der Waals surface area contributed by atoms with Gasteiger partial charge in [0.25, 0.3) is 0 Å². The number of hydrogen-bond donors (Lipinski definition) is 0. The fourth-order valence-electron chi connectivity index (χ4n) is 3.17. The SMILES string of the molecule is Cc1nc2ccccc2c2oc(-c3cc4cc(Cl)cc(Cl)c4oc3=O)nc12. The van der Waals surface area contributed by atoms with E-state index in [0.29, 0.717) is 21.5 Å². The molecule has 0 aliphatic carbocycles. The molecule has 2 aromatic carbocycles. The van der Waals surface area contributed by atoms with Gasteiger partial charge in [0.2, 0.25) is 5.89 Å². The maximum atomic E-state index is 12.5. The number of rotatable bonds is 1. The molecule has 3 aromatic heterocycles. The number of halogens is 2. The summed E-state index contributed by atoms with van der Waals surface area (Å²) in [4.78, 5) is 21.6. The Balaban J connectivity index is 1.83. The molecule has 0 radical (unpaired) electrons. The lowest BCUT2D eigenvalue weighted by Crippen LogP contribution is -2.03. The number of aromatic nitrogens is 2. The quantitative estimate of drug-likeness (QED) is 0.336. The van der Waals surface area contributed by atoms with Crippen molar-refractivity contribution >= 4 is 56.2 Å². The second-order valence-corrected chi connectivity index (χ2v) is 7.01. The summed E-state index contributed by atoms with van der Waals surface area (Å²) in [5, 5.41) is 2.12. The van der Waals surface area contributed by atoms with Gasteiger partial charge in [0.05, 0.1) is 16.2 Å². The van der Waals surface area contributed by atoms with Gasteiger partial charge in [-0.25, -0.2) is 9.78 Å². The van der Waals surface area contributed by atoms with Gasteiger partial charge in [0, 0.05) is 15.8 Å². The second kappa shape index (κ2) is 5.81. The summed E-state index contributed by atoms with van der Waals surface area (Å²) in [6.07, 6.45) is 0. The van der Waals surface area contributed by atoms with Crippen molar-refractivity contribution < 1.29 is 8.83 Å². The average molecular weight is 397 g/mol. The summed E-state index contributed by atoms with van der Waals surface area (Å²) in [6, 6.07) is 12.4. The van der Waals surface area contributed by atoms with Gasteiger partial charge in [0.15, 0.2) is 11.2 Å². The van der Waals surface area contributed by atoms with E-state index in [2.05, 4.69) is 9.97 Å². The standard InChI is InChI=1S/C20H10Cl2N2O3/c1-9-16-18(12-4-2-3-5-15(12)23-9)26-19(24-16)13-7-10-6-11(21)8-14(22)17(10)27-20(13)25/h2-8H,1H3. The Morgan fingerprint density at radius 3 is 2.63 bits per heavy atom. The van der Waals surface area contributed by atoms with Crippen LogP contribution in [0.1, 0.15) is 5.69 Å². The van der Waals surface area contributed by atoms with Crippen LogP contribution in [0.3, 0.4) is 0 Å². The van der Waals surface area contributed by atoms with Crippen molar-refractivity contribution in [2.75, 3.05) is 0 Å². The van der Waals surface area contributed by atoms with Crippen LogP contribution < -0.4 is 5.63 Å². The van der Waals surface area contributed by atoms with Gasteiger partial charge in [-0.05, 0) is 37.3 Å². The molecule has 27 heavy (non-hydrogen) atoms. The Bertz CT molecular complexity index is 1440. The minimum absolute atomic E-state index is 0.165. The fourth-order valence-corrected chi connectivity index (χ4v) is 3.71. The zero-order valence-electron chi connectivity index (χ0n) is 13.9. The highest BCUT2D eigenvalue weighted by atomic mass is 35.5. The van der Waals surface area contributed by atoms with Crippen molar-refractivity contribution in [3.8, 4) is 11.5 Å². The highest BCUT2D eigenvalue weighted by molar-refractivity contribution is 6.38. The molecular weight excluding hydrogens is 387 g/mol. The third-order valence-corrected chi connectivity index (χ3v) is 4.89. The number of hydrogen-bond acceptors (Lipinski definition) is 5. The normalized spacial score (nSPS) is 11.7. The predicted molar refractivity (Wildman–Crippen MR) is 106 cm³/mol. The summed E-state index contributed by atoms with van der Waals surface area (Å²) >= 11 is 12.2. The first-order chi connectivity index (χ1) is 13.0. The van der Waals surface area contributed by atoms with E-state index < -0.39 is 5.63 Å². The van der Waals surface area contributed by atoms with Crippen LogP contribution in [0.15, 0.2) is 56.1 Å². The van der Waals surface area contributed by atoms with E-state index in [1.807, 2.05) is 31.2 Å². The molecule has 5 rings (SSSR count). The molecule has 0 saturated heterocycles. The molecule has 0 atom stereocenters. The zero-order chi connectivity index (χ0) is 18.7. The Morgan fingerprint density at radius 2 is 1.78 bits per heavy atom. The molecule has 7 heteroatoms. The molecule has 0 aliphatic heterocycles. The molecule has 0 bridgehead atoms. The van der Waals surface area contributed by atoms with E-state index in [9.17, 15) is 4.79 Å². The summed E-state index contributed by atoms with van der Waals surface area (Å²) in [5.41, 5.74) is 2.58. The van der Waals surface area contributed by atoms with Gasteiger partial charge in [-0.3, -0.25) is 4.98 Å². The Hall–Kier alpha value is -2.89. The maximum absolute atomic E-state index is 12.5. The van der Waals surface area contributed by atoms with Gasteiger partial charge in [-0.15, -0.1) is 0 Å². The summed E-state index contributed by atoms with van der Waals surface area (Å²) in [7, 11) is 0. The number of benzene rings is 2. The van der Waals surface area contributed by atoms with Crippen LogP contribution in [0.25, 0.3) is 44.4 Å². The highest BCUT2D eigenvalue weighted by Crippen LogP contribution is 2.32. The molecule has 132 valence electrons. The summed E-state index contributed by atoms with van der Waals surface area (Å²) in [5.74, 6) is 0.165. The minimum Gasteiger partial charge on any atom is -0.435 e. The van der Waals surface area contributed by atoms with Crippen molar-refractivity contribution in [1.29, 1.82) is 0 Å². The molecule has 0 amide bonds. The van der Waals surface area contributed by atoms with E-state index >= 15 is 0 Å². The average Bonchev–Trinajstić information content (AvgIpc) is 3.08. The third kappa shape index (κ3) is 2.51. The van der Waals surface area contributed by atoms with Crippen molar-refractivity contribution in [2.24, 2.45) is 0 Å². The topological polar surface area (TPSA) is 69.1 Å². The number of para-hydroxylation sites is 1. The lowest BCUT2D eigenvalue weighted by Gasteiger charge is -2.02. The van der Waals surface area contributed by atoms with Crippen molar-refractivity contribution in [1.82, 2.24) is 9.97 Å². The number of aryl methyl sites for hydroxylation is 1. The largest absolute Gasteiger partial charge is 0.435 e. The first-order valence-electron chi connectivity index (χ1n) is 8.10. The van der Waals surface area contributed by atoms with Crippen LogP contribution in [0.4, 0.5) is 0 Å². The minimum atomic E-state index is -0.590. The van der Waals surface area contributed by atoms with Crippen LogP contribution in [-0.4, -0.2) is 9.97 Å². The molecule has 5 aromatic rings. The van der Waals surface area contributed by atoms with E-state index in [4.69, 9.17) is 32.0 Å². The van der Waals surface area contributed by atoms with Crippen molar-refractivity contribution in [3.63, 3.8) is 0 Å². The van der Waals surface area contributed by atoms with E-state index in [1.54, 1.807) is 12.1 Å². The molecule has 0 saturated carbocycles. The van der Waals surface area contributed by atoms with Crippen molar-refractivity contribution in [3.05, 3.63) is 68.6 Å². The van der Waals surface area contributed by atoms with Crippen LogP contribution in [0, 0.1) is 6.92 Å². The Labute approximate surface area is 162 Å². The summed E-state index contributed by atoms with van der Waals surface area (Å²) in [6.45, 7) is 1.85. The van der Waals surface area contributed by atoms with E-state index in [0.717, 1.165) is 16.6 Å². The van der Waals surface area contributed by atoms with Crippen molar-refractivity contribution in [2.45, 2.75) is 6.92 Å². The first-order valence-corrected chi connectivity index (χ1v) is 8.86. The van der Waals surface area contributed by atoms with Crippen LogP contribution in [-0.2, 0) is 0 Å². The first kappa shape index (κ1) is 16.3. The number of oxazole rings is 1. The second-order valence-electron chi connectivity index (χ2n) is 6.16. The lowest BCUT2D eigenvalue weighted by molar-refractivity contribution is 0.554. The van der Waals surface area contributed by atoms with Crippen LogP contribution in [0.5, 0.6) is 0 Å². The van der Waals surface area contributed by atoms with Gasteiger partial charge in [-0.2, -0.15) is 0 Å². The number of pyridine rings is 1. The smallest absolute Gasteiger partial charge is 0.349 e. The van der Waals surface area contributed by atoms with Gasteiger partial charge >= 0.3 is 5.63 Å². The van der Waals surface area contributed by atoms with E-state index in [-0.39, 0.29) is 22.1 Å². The van der Waals surface area contributed by atoms with E-state index in [1.165, 1.54) is 6.07 Å². The zero-order valence-corrected chi connectivity index (χ0v) is 15.4. The molecule has 3 heterocycles. The highest BCUT2D eigenvalue weighted by Gasteiger charge is 2.19. The maximum Gasteiger partial charge on any atom is 0.349 e. The molecule has 0 fully saturated rings. The number of fused-ring (bicyclic) bond motifs is 4. The molecule has 0 aliphatic rings. The monoisotopic (exact) mass is 396 g/mol. The van der Waals surface area contributed by atoms with Crippen LogP contribution in [0.2, 0.25) is 10.0 Å². The van der Waals surface area contributed by atoms with Gasteiger partial charge in [-0.1, -0.05) is 35.3 Å². The Morgan fingerprint density at radius 1 is 0.963 bits per heavy atom. The fraction of sp³-hybridized carbons (Fsp3) is 0.0500. The number of nitrogens with zero attached hydrogens (tertiary/aromatic N) is 2. The molecule has 0 spiro atoms. The van der Waals surface area contributed by atoms with Gasteiger partial charge < -0.3 is 8.83 Å². The molecule has 5 nitrogen and oxygen atoms in total. The molecule has 0 N–H and O–H groups in total. The lowest BCUT2D eigenvalue weighted by atomic mass is 10.2. The molecular formula is C20H10Cl2N2O3. The third-order valence-electron chi connectivity index (χ3n) is 4.39. The summed E-state index contributed by atoms with van der Waals surface area (Å²) < 4.78 is 11.3. The van der Waals surface area contributed by atoms with Gasteiger partial charge in [0.1, 0.15) is 11.1 Å².